The molecule has 0 unspecified atom stereocenters. The molecule has 2 atom stereocenters. The van der Waals surface area contributed by atoms with E-state index in [1.54, 1.807) is 49.4 Å². The van der Waals surface area contributed by atoms with Crippen molar-refractivity contribution >= 4 is 22.9 Å². The van der Waals surface area contributed by atoms with Crippen LogP contribution in [0.4, 0.5) is 8.78 Å². The molecule has 6 nitrogen and oxygen atoms in total. The van der Waals surface area contributed by atoms with Crippen molar-refractivity contribution in [2.45, 2.75) is 39.2 Å². The summed E-state index contributed by atoms with van der Waals surface area (Å²) in [7, 11) is 0. The number of benzene rings is 3. The molecule has 0 radical (unpaired) electrons. The fourth-order valence-electron chi connectivity index (χ4n) is 4.06. The maximum atomic E-state index is 13.5. The average molecular weight is 504 g/mol. The van der Waals surface area contributed by atoms with Gasteiger partial charge in [0.25, 0.3) is 5.91 Å². The van der Waals surface area contributed by atoms with Gasteiger partial charge in [0.15, 0.2) is 0 Å². The minimum absolute atomic E-state index is 0.306. The lowest BCUT2D eigenvalue weighted by Crippen LogP contribution is -2.26. The molecule has 1 amide bonds. The SMILES string of the molecule is C[C@H](CCCc1nc2cc(C(=O)N[C@H](C)c3ccc(F)cc3)ccc2nc1-c1ccc(F)cc1)C(=O)O. The number of nitrogens with one attached hydrogen (secondary N) is 1. The standard InChI is InChI=1S/C29H27F2N3O3/c1-17(29(36)37)4-3-5-25-27(20-8-13-23(31)14-9-20)34-24-15-10-21(16-26(24)33-25)28(35)32-18(2)19-6-11-22(30)12-7-19/h6-18H,3-5H2,1-2H3,(H,32,35)(H,36,37)/t17-,18-/m1/s1. The van der Waals surface area contributed by atoms with E-state index in [0.717, 1.165) is 5.56 Å². The van der Waals surface area contributed by atoms with Crippen LogP contribution in [0.5, 0.6) is 0 Å². The highest BCUT2D eigenvalue weighted by Gasteiger charge is 2.17. The van der Waals surface area contributed by atoms with Crippen LogP contribution in [0.15, 0.2) is 66.7 Å². The van der Waals surface area contributed by atoms with Crippen molar-refractivity contribution in [3.63, 3.8) is 0 Å². The van der Waals surface area contributed by atoms with Crippen molar-refractivity contribution in [3.8, 4) is 11.3 Å². The van der Waals surface area contributed by atoms with Gasteiger partial charge in [0.1, 0.15) is 11.6 Å². The molecule has 4 rings (SSSR count). The Hall–Kier alpha value is -4.20. The number of aromatic nitrogens is 2. The first-order chi connectivity index (χ1) is 17.7. The Balaban J connectivity index is 1.63. The average Bonchev–Trinajstić information content (AvgIpc) is 2.88. The second kappa shape index (κ2) is 11.2. The first-order valence-electron chi connectivity index (χ1n) is 12.1. The van der Waals surface area contributed by atoms with Gasteiger partial charge in [-0.1, -0.05) is 19.1 Å². The van der Waals surface area contributed by atoms with Crippen LogP contribution in [-0.4, -0.2) is 27.0 Å². The summed E-state index contributed by atoms with van der Waals surface area (Å²) in [5.74, 6) is -2.35. The Morgan fingerprint density at radius 1 is 0.892 bits per heavy atom. The molecule has 0 saturated carbocycles. The van der Waals surface area contributed by atoms with Crippen molar-refractivity contribution < 1.29 is 23.5 Å². The van der Waals surface area contributed by atoms with Crippen molar-refractivity contribution in [2.75, 3.05) is 0 Å². The number of halogens is 2. The molecule has 8 heteroatoms. The van der Waals surface area contributed by atoms with Gasteiger partial charge in [0.05, 0.1) is 34.4 Å². The number of carbonyl (C=O) groups excluding carboxylic acids is 1. The Bertz CT molecular complexity index is 1420. The number of fused-ring (bicyclic) bond motifs is 1. The Morgan fingerprint density at radius 2 is 1.54 bits per heavy atom. The molecule has 0 spiro atoms. The normalized spacial score (nSPS) is 12.8. The Labute approximate surface area is 213 Å². The second-order valence-electron chi connectivity index (χ2n) is 9.11. The number of carboxylic acid groups (broad SMARTS) is 1. The lowest BCUT2D eigenvalue weighted by molar-refractivity contribution is -0.141. The lowest BCUT2D eigenvalue weighted by atomic mass is 10.0. The van der Waals surface area contributed by atoms with E-state index in [0.29, 0.717) is 52.8 Å². The predicted molar refractivity (Wildman–Crippen MR) is 137 cm³/mol. The Morgan fingerprint density at radius 3 is 2.19 bits per heavy atom. The lowest BCUT2D eigenvalue weighted by Gasteiger charge is -2.15. The number of hydrogen-bond donors (Lipinski definition) is 2. The van der Waals surface area contributed by atoms with Gasteiger partial charge in [0, 0.05) is 11.1 Å². The first kappa shape index (κ1) is 25.9. The van der Waals surface area contributed by atoms with Gasteiger partial charge in [0.2, 0.25) is 0 Å². The highest BCUT2D eigenvalue weighted by molar-refractivity contribution is 5.97. The van der Waals surface area contributed by atoms with Gasteiger partial charge in [-0.15, -0.1) is 0 Å². The zero-order chi connectivity index (χ0) is 26.5. The van der Waals surface area contributed by atoms with Gasteiger partial charge in [-0.25, -0.2) is 18.7 Å². The van der Waals surface area contributed by atoms with E-state index in [1.807, 2.05) is 6.92 Å². The Kier molecular flexibility index (Phi) is 7.86. The van der Waals surface area contributed by atoms with Crippen LogP contribution >= 0.6 is 0 Å². The molecule has 0 fully saturated rings. The van der Waals surface area contributed by atoms with E-state index in [1.165, 1.54) is 24.3 Å². The third-order valence-corrected chi connectivity index (χ3v) is 6.31. The molecule has 3 aromatic carbocycles. The molecule has 1 aromatic heterocycles. The van der Waals surface area contributed by atoms with E-state index in [2.05, 4.69) is 5.32 Å². The summed E-state index contributed by atoms with van der Waals surface area (Å²) in [6.07, 6.45) is 1.53. The summed E-state index contributed by atoms with van der Waals surface area (Å²) in [4.78, 5) is 33.7. The van der Waals surface area contributed by atoms with E-state index < -0.39 is 11.9 Å². The van der Waals surface area contributed by atoms with Crippen molar-refractivity contribution in [1.82, 2.24) is 15.3 Å². The van der Waals surface area contributed by atoms with Crippen LogP contribution in [-0.2, 0) is 11.2 Å². The molecule has 190 valence electrons. The van der Waals surface area contributed by atoms with Crippen molar-refractivity contribution in [2.24, 2.45) is 5.92 Å². The molecular formula is C29H27F2N3O3. The zero-order valence-corrected chi connectivity index (χ0v) is 20.5. The highest BCUT2D eigenvalue weighted by Crippen LogP contribution is 2.26. The number of aliphatic carboxylic acids is 1. The van der Waals surface area contributed by atoms with Crippen LogP contribution in [0.2, 0.25) is 0 Å². The van der Waals surface area contributed by atoms with E-state index >= 15 is 0 Å². The predicted octanol–water partition coefficient (Wildman–Crippen LogP) is 6.11. The maximum Gasteiger partial charge on any atom is 0.306 e. The summed E-state index contributed by atoms with van der Waals surface area (Å²) >= 11 is 0. The van der Waals surface area contributed by atoms with Crippen LogP contribution in [0, 0.1) is 17.6 Å². The molecule has 0 aliphatic heterocycles. The van der Waals surface area contributed by atoms with Crippen LogP contribution in [0.3, 0.4) is 0 Å². The van der Waals surface area contributed by atoms with Gasteiger partial charge < -0.3 is 10.4 Å². The van der Waals surface area contributed by atoms with Crippen molar-refractivity contribution in [3.05, 3.63) is 95.2 Å². The minimum Gasteiger partial charge on any atom is -0.481 e. The quantitative estimate of drug-likeness (QED) is 0.288. The van der Waals surface area contributed by atoms with Crippen molar-refractivity contribution in [1.29, 1.82) is 0 Å². The zero-order valence-electron chi connectivity index (χ0n) is 20.5. The van der Waals surface area contributed by atoms with E-state index in [-0.39, 0.29) is 23.6 Å². The van der Waals surface area contributed by atoms with E-state index in [4.69, 9.17) is 9.97 Å². The highest BCUT2D eigenvalue weighted by atomic mass is 19.1. The first-order valence-corrected chi connectivity index (χ1v) is 12.1. The van der Waals surface area contributed by atoms with Crippen LogP contribution in [0.1, 0.15) is 54.3 Å². The molecular weight excluding hydrogens is 476 g/mol. The third kappa shape index (κ3) is 6.33. The van der Waals surface area contributed by atoms with E-state index in [9.17, 15) is 23.5 Å². The summed E-state index contributed by atoms with van der Waals surface area (Å²) < 4.78 is 26.7. The van der Waals surface area contributed by atoms with Gasteiger partial charge in [-0.05, 0) is 86.3 Å². The molecule has 1 heterocycles. The maximum absolute atomic E-state index is 13.5. The summed E-state index contributed by atoms with van der Waals surface area (Å²) in [6, 6.07) is 16.6. The topological polar surface area (TPSA) is 92.2 Å². The molecule has 0 aliphatic rings. The number of hydrogen-bond acceptors (Lipinski definition) is 4. The van der Waals surface area contributed by atoms with Gasteiger partial charge in [-0.2, -0.15) is 0 Å². The fraction of sp³-hybridized carbons (Fsp3) is 0.241. The number of aryl methyl sites for hydroxylation is 1. The monoisotopic (exact) mass is 503 g/mol. The molecule has 2 N–H and O–H groups in total. The third-order valence-electron chi connectivity index (χ3n) is 6.31. The van der Waals surface area contributed by atoms with Crippen LogP contribution < -0.4 is 5.32 Å². The number of amides is 1. The molecule has 0 saturated heterocycles. The minimum atomic E-state index is -0.853. The van der Waals surface area contributed by atoms with Crippen LogP contribution in [0.25, 0.3) is 22.3 Å². The number of rotatable bonds is 9. The number of nitrogens with zero attached hydrogens (tertiary/aromatic N) is 2. The largest absolute Gasteiger partial charge is 0.481 e. The van der Waals surface area contributed by atoms with Gasteiger partial charge in [-0.3, -0.25) is 9.59 Å². The molecule has 0 bridgehead atoms. The fourth-order valence-corrected chi connectivity index (χ4v) is 4.06. The summed E-state index contributed by atoms with van der Waals surface area (Å²) in [5, 5.41) is 12.1. The summed E-state index contributed by atoms with van der Waals surface area (Å²) in [5.41, 5.74) is 4.21. The molecule has 0 aliphatic carbocycles. The second-order valence-corrected chi connectivity index (χ2v) is 9.11. The molecule has 4 aromatic rings. The molecule has 37 heavy (non-hydrogen) atoms. The smallest absolute Gasteiger partial charge is 0.306 e. The number of carbonyl (C=O) groups is 2. The number of carboxylic acids is 1. The summed E-state index contributed by atoms with van der Waals surface area (Å²) in [6.45, 7) is 3.48. The van der Waals surface area contributed by atoms with Gasteiger partial charge >= 0.3 is 5.97 Å².